The summed E-state index contributed by atoms with van der Waals surface area (Å²) in [6.45, 7) is 1.48. The molecule has 0 radical (unpaired) electrons. The maximum atomic E-state index is 13.2. The van der Waals surface area contributed by atoms with Crippen molar-refractivity contribution in [1.82, 2.24) is 0 Å². The van der Waals surface area contributed by atoms with Crippen molar-refractivity contribution in [3.63, 3.8) is 0 Å². The van der Waals surface area contributed by atoms with E-state index in [-0.39, 0.29) is 72.8 Å². The number of nitrogens with two attached hydrogens (primary N) is 3. The third-order valence-corrected chi connectivity index (χ3v) is 14.0. The van der Waals surface area contributed by atoms with E-state index in [2.05, 4.69) is 54.2 Å². The van der Waals surface area contributed by atoms with Crippen LogP contribution in [0.4, 0.5) is 56.9 Å². The van der Waals surface area contributed by atoms with E-state index in [0.717, 1.165) is 11.6 Å². The van der Waals surface area contributed by atoms with Gasteiger partial charge in [-0.3, -0.25) is 13.5 Å². The summed E-state index contributed by atoms with van der Waals surface area (Å²) in [5.41, 5.74) is 19.7. The standard InChI is InChI=1S/C37H34N10O15S5/c1-20-16-30(29(39)18-28(20)38)44-41-21-2-4-24(5-3-21)47-66(53,54)26-12-8-23(9-13-26)43-46-36-33(67(55,56)57)17-27-32(63-61-59-49)19-31(35(40)34(27)37(36)48)45-42-22-6-10-25(11-7-22)65(51,52)15-14-58-64-62-60-50/h2-13,16-19,47-50H,14-15,38-40H2,1H3,(H,55,56,57). The molecule has 0 heterocycles. The summed E-state index contributed by atoms with van der Waals surface area (Å²) < 4.78 is 103. The van der Waals surface area contributed by atoms with Gasteiger partial charge in [-0.1, -0.05) is 10.1 Å². The number of phenols is 1. The average molecular weight is 1020 g/mol. The van der Waals surface area contributed by atoms with Crippen LogP contribution in [0.15, 0.2) is 147 Å². The first-order valence-corrected chi connectivity index (χ1v) is 24.3. The zero-order valence-electron chi connectivity index (χ0n) is 33.9. The van der Waals surface area contributed by atoms with Crippen molar-refractivity contribution in [2.24, 2.45) is 30.7 Å². The van der Waals surface area contributed by atoms with E-state index in [1.807, 2.05) is 0 Å². The van der Waals surface area contributed by atoms with E-state index in [4.69, 9.17) is 31.9 Å². The summed E-state index contributed by atoms with van der Waals surface area (Å²) in [4.78, 5) is -1.33. The van der Waals surface area contributed by atoms with Crippen molar-refractivity contribution in [2.75, 3.05) is 34.3 Å². The number of benzene rings is 6. The summed E-state index contributed by atoms with van der Waals surface area (Å²) in [6.07, 6.45) is 0. The lowest BCUT2D eigenvalue weighted by Crippen LogP contribution is -2.12. The molecule has 0 amide bonds. The molecule has 0 aliphatic heterocycles. The zero-order valence-corrected chi connectivity index (χ0v) is 38.0. The largest absolute Gasteiger partial charge is 0.505 e. The minimum absolute atomic E-state index is 0.0273. The number of nitrogens with one attached hydrogen (secondary N) is 1. The fourth-order valence-electron chi connectivity index (χ4n) is 5.70. The fourth-order valence-corrected chi connectivity index (χ4v) is 9.33. The van der Waals surface area contributed by atoms with Crippen molar-refractivity contribution >= 4 is 122 Å². The SMILES string of the molecule is Cc1cc(N=Nc2ccc(NS(=O)(=O)c3ccc(N=Nc4c(S(=O)(=O)O)cc5c(SOOO)cc(N=Nc6ccc(S(=O)(=O)CCOSOOO)cc6)c(N)c5c4O)cc3)cc2)c(N)cc1N. The lowest BCUT2D eigenvalue weighted by atomic mass is 10.0. The highest BCUT2D eigenvalue weighted by Crippen LogP contribution is 2.49. The number of aromatic hydroxyl groups is 1. The summed E-state index contributed by atoms with van der Waals surface area (Å²) in [5, 5.41) is 59.3. The minimum atomic E-state index is -5.17. The molecular weight excluding hydrogens is 985 g/mol. The van der Waals surface area contributed by atoms with Crippen molar-refractivity contribution in [2.45, 2.75) is 26.5 Å². The molecule has 0 fully saturated rings. The van der Waals surface area contributed by atoms with Crippen LogP contribution in [-0.4, -0.2) is 57.8 Å². The third-order valence-electron chi connectivity index (χ3n) is 8.98. The number of fused-ring (bicyclic) bond motifs is 1. The molecule has 67 heavy (non-hydrogen) atoms. The highest BCUT2D eigenvalue weighted by Gasteiger charge is 2.26. The van der Waals surface area contributed by atoms with Gasteiger partial charge in [-0.05, 0) is 110 Å². The second-order valence-corrected chi connectivity index (χ2v) is 19.8. The zero-order chi connectivity index (χ0) is 48.5. The Kier molecular flexibility index (Phi) is 16.0. The number of hydrogen-bond donors (Lipinski definition) is 8. The molecule has 11 N–H and O–H groups in total. The molecule has 0 unspecified atom stereocenters. The number of anilines is 4. The van der Waals surface area contributed by atoms with Crippen LogP contribution in [0.2, 0.25) is 0 Å². The molecular formula is C37H34N10O15S5. The Morgan fingerprint density at radius 3 is 1.84 bits per heavy atom. The van der Waals surface area contributed by atoms with Gasteiger partial charge in [0.2, 0.25) is 0 Å². The van der Waals surface area contributed by atoms with Gasteiger partial charge in [0.1, 0.15) is 22.0 Å². The van der Waals surface area contributed by atoms with Crippen LogP contribution in [0.25, 0.3) is 10.8 Å². The Labute approximate surface area is 388 Å². The Morgan fingerprint density at radius 2 is 1.24 bits per heavy atom. The Bertz CT molecular complexity index is 3220. The molecule has 0 aromatic heterocycles. The van der Waals surface area contributed by atoms with Gasteiger partial charge in [0.15, 0.2) is 27.9 Å². The van der Waals surface area contributed by atoms with Crippen LogP contribution in [0.1, 0.15) is 5.56 Å². The second-order valence-electron chi connectivity index (χ2n) is 13.4. The van der Waals surface area contributed by atoms with Crippen LogP contribution in [0.5, 0.6) is 5.75 Å². The summed E-state index contributed by atoms with van der Waals surface area (Å²) in [7, 11) is -13.2. The second kappa shape index (κ2) is 21.5. The molecule has 352 valence electrons. The Hall–Kier alpha value is -6.39. The first kappa shape index (κ1) is 50.0. The number of phenolic OH excluding ortho intramolecular Hbond substituents is 1. The van der Waals surface area contributed by atoms with Crippen LogP contribution in [0.3, 0.4) is 0 Å². The van der Waals surface area contributed by atoms with Crippen LogP contribution < -0.4 is 21.9 Å². The Balaban J connectivity index is 1.24. The van der Waals surface area contributed by atoms with Gasteiger partial charge in [0.05, 0.1) is 68.0 Å². The van der Waals surface area contributed by atoms with E-state index >= 15 is 0 Å². The molecule has 6 aromatic carbocycles. The molecule has 0 bridgehead atoms. The van der Waals surface area contributed by atoms with Crippen molar-refractivity contribution in [3.8, 4) is 5.75 Å². The van der Waals surface area contributed by atoms with Crippen LogP contribution in [0, 0.1) is 6.92 Å². The van der Waals surface area contributed by atoms with Gasteiger partial charge >= 0.3 is 0 Å². The quantitative estimate of drug-likeness (QED) is 0.00671. The normalized spacial score (nSPS) is 12.5. The lowest BCUT2D eigenvalue weighted by Gasteiger charge is -2.14. The number of aryl methyl sites for hydroxylation is 1. The predicted molar refractivity (Wildman–Crippen MR) is 244 cm³/mol. The van der Waals surface area contributed by atoms with Gasteiger partial charge in [-0.15, -0.1) is 24.0 Å². The van der Waals surface area contributed by atoms with E-state index in [9.17, 15) is 34.9 Å². The van der Waals surface area contributed by atoms with Gasteiger partial charge in [0, 0.05) is 21.7 Å². The predicted octanol–water partition coefficient (Wildman–Crippen LogP) is 9.10. The summed E-state index contributed by atoms with van der Waals surface area (Å²) in [6, 6.07) is 21.2. The number of azo groups is 3. The third kappa shape index (κ3) is 12.5. The highest BCUT2D eigenvalue weighted by molar-refractivity contribution is 7.95. The molecule has 6 rings (SSSR count). The average Bonchev–Trinajstić information content (AvgIpc) is 3.29. The fraction of sp³-hybridized carbons (Fsp3) is 0.0811. The molecule has 6 aromatic rings. The molecule has 0 aliphatic rings. The van der Waals surface area contributed by atoms with E-state index in [0.29, 0.717) is 34.8 Å². The molecule has 25 nitrogen and oxygen atoms in total. The van der Waals surface area contributed by atoms with Gasteiger partial charge < -0.3 is 22.3 Å². The summed E-state index contributed by atoms with van der Waals surface area (Å²) in [5.74, 6) is -1.39. The topological polar surface area (TPSA) is 394 Å². The van der Waals surface area contributed by atoms with Gasteiger partial charge in [-0.2, -0.15) is 23.8 Å². The number of rotatable bonds is 20. The number of nitrogens with zero attached hydrogens (tertiary/aromatic N) is 6. The maximum absolute atomic E-state index is 13.2. The molecule has 0 saturated carbocycles. The lowest BCUT2D eigenvalue weighted by molar-refractivity contribution is -0.434. The first-order valence-electron chi connectivity index (χ1n) is 18.3. The number of hydrogen-bond acceptors (Lipinski definition) is 25. The van der Waals surface area contributed by atoms with Crippen LogP contribution >= 0.6 is 24.4 Å². The smallest absolute Gasteiger partial charge is 0.296 e. The number of sulfone groups is 1. The number of nitrogen functional groups attached to an aromatic ring is 3. The first-order chi connectivity index (χ1) is 31.8. The molecule has 0 saturated heterocycles. The van der Waals surface area contributed by atoms with E-state index in [1.165, 1.54) is 78.9 Å². The number of sulfonamides is 1. The van der Waals surface area contributed by atoms with Crippen LogP contribution in [-0.2, 0) is 52.9 Å². The van der Waals surface area contributed by atoms with Gasteiger partial charge in [-0.25, -0.2) is 27.4 Å². The molecule has 0 aliphatic carbocycles. The highest BCUT2D eigenvalue weighted by atomic mass is 32.2. The minimum Gasteiger partial charge on any atom is -0.505 e. The van der Waals surface area contributed by atoms with Crippen molar-refractivity contribution < 1.29 is 68.4 Å². The van der Waals surface area contributed by atoms with E-state index in [1.54, 1.807) is 19.1 Å². The molecule has 0 atom stereocenters. The van der Waals surface area contributed by atoms with Crippen molar-refractivity contribution in [3.05, 3.63) is 103 Å². The maximum Gasteiger partial charge on any atom is 0.296 e. The Morgan fingerprint density at radius 1 is 0.672 bits per heavy atom. The van der Waals surface area contributed by atoms with Gasteiger partial charge in [0.25, 0.3) is 20.1 Å². The molecule has 0 spiro atoms. The van der Waals surface area contributed by atoms with Crippen molar-refractivity contribution in [1.29, 1.82) is 0 Å². The van der Waals surface area contributed by atoms with E-state index < -0.39 is 52.1 Å². The summed E-state index contributed by atoms with van der Waals surface area (Å²) >= 11 is 0.532. The monoisotopic (exact) mass is 1020 g/mol. The molecule has 30 heteroatoms.